The predicted molar refractivity (Wildman–Crippen MR) is 144 cm³/mol. The highest BCUT2D eigenvalue weighted by atomic mass is 35.5. The van der Waals surface area contributed by atoms with E-state index < -0.39 is 5.82 Å². The minimum atomic E-state index is -0.406. The van der Waals surface area contributed by atoms with E-state index in [9.17, 15) is 9.18 Å². The highest BCUT2D eigenvalue weighted by molar-refractivity contribution is 7.98. The van der Waals surface area contributed by atoms with Gasteiger partial charge < -0.3 is 5.32 Å². The monoisotopic (exact) mass is 550 g/mol. The van der Waals surface area contributed by atoms with Crippen LogP contribution >= 0.6 is 34.7 Å². The van der Waals surface area contributed by atoms with Gasteiger partial charge in [-0.3, -0.25) is 14.3 Å². The molecule has 186 valence electrons. The first-order valence-electron chi connectivity index (χ1n) is 11.3. The van der Waals surface area contributed by atoms with Crippen LogP contribution in [0.3, 0.4) is 0 Å². The van der Waals surface area contributed by atoms with Gasteiger partial charge in [-0.2, -0.15) is 0 Å². The molecule has 0 radical (unpaired) electrons. The topological polar surface area (TPSA) is 85.6 Å². The van der Waals surface area contributed by atoms with Gasteiger partial charge in [0.25, 0.3) is 5.91 Å². The third kappa shape index (κ3) is 5.87. The Morgan fingerprint density at radius 2 is 1.86 bits per heavy atom. The van der Waals surface area contributed by atoms with Crippen LogP contribution in [-0.2, 0) is 12.2 Å². The molecule has 3 aromatic heterocycles. The highest BCUT2D eigenvalue weighted by Gasteiger charge is 2.21. The second kappa shape index (κ2) is 11.6. The van der Waals surface area contributed by atoms with Crippen LogP contribution in [0.5, 0.6) is 0 Å². The van der Waals surface area contributed by atoms with Crippen LogP contribution < -0.4 is 5.32 Å². The number of hydrogen-bond acceptors (Lipinski definition) is 7. The molecule has 1 amide bonds. The molecule has 0 aliphatic carbocycles. The number of nitrogens with zero attached hydrogens (tertiary/aromatic N) is 5. The fourth-order valence-corrected chi connectivity index (χ4v) is 5.54. The molecule has 1 N–H and O–H groups in total. The van der Waals surface area contributed by atoms with Crippen molar-refractivity contribution < 1.29 is 9.18 Å². The normalized spacial score (nSPS) is 11.0. The van der Waals surface area contributed by atoms with Gasteiger partial charge in [0.15, 0.2) is 11.0 Å². The number of nitrogens with one attached hydrogen (secondary N) is 1. The summed E-state index contributed by atoms with van der Waals surface area (Å²) in [4.78, 5) is 21.2. The molecule has 0 saturated heterocycles. The Kier molecular flexibility index (Phi) is 7.88. The number of benzene rings is 2. The number of para-hydroxylation sites is 1. The quantitative estimate of drug-likeness (QED) is 0.232. The predicted octanol–water partition coefficient (Wildman–Crippen LogP) is 5.84. The largest absolute Gasteiger partial charge is 0.350 e. The summed E-state index contributed by atoms with van der Waals surface area (Å²) < 4.78 is 16.5. The maximum absolute atomic E-state index is 14.8. The number of carbonyl (C=O) groups excluding carboxylic acids is 1. The van der Waals surface area contributed by atoms with Gasteiger partial charge in [-0.1, -0.05) is 53.7 Å². The van der Waals surface area contributed by atoms with E-state index in [-0.39, 0.29) is 5.91 Å². The fourth-order valence-electron chi connectivity index (χ4n) is 3.58. The van der Waals surface area contributed by atoms with Crippen molar-refractivity contribution >= 4 is 40.6 Å². The van der Waals surface area contributed by atoms with Crippen LogP contribution in [0, 0.1) is 5.82 Å². The number of thioether (sulfide) groups is 1. The van der Waals surface area contributed by atoms with Crippen molar-refractivity contribution in [2.75, 3.05) is 6.54 Å². The van der Waals surface area contributed by atoms with E-state index in [2.05, 4.69) is 25.5 Å². The van der Waals surface area contributed by atoms with Gasteiger partial charge in [0.2, 0.25) is 0 Å². The lowest BCUT2D eigenvalue weighted by Crippen LogP contribution is -2.26. The number of carbonyl (C=O) groups is 1. The second-order valence-corrected chi connectivity index (χ2v) is 10.1. The first-order valence-corrected chi connectivity index (χ1v) is 13.5. The Morgan fingerprint density at radius 1 is 1.05 bits per heavy atom. The second-order valence-electron chi connectivity index (χ2n) is 7.81. The smallest absolute Gasteiger partial charge is 0.270 e. The zero-order chi connectivity index (χ0) is 25.6. The Labute approximate surface area is 225 Å². The van der Waals surface area contributed by atoms with Crippen molar-refractivity contribution in [1.29, 1.82) is 0 Å². The van der Waals surface area contributed by atoms with Crippen LogP contribution in [0.15, 0.2) is 83.5 Å². The molecule has 7 nitrogen and oxygen atoms in total. The van der Waals surface area contributed by atoms with Crippen molar-refractivity contribution in [3.05, 3.63) is 106 Å². The van der Waals surface area contributed by atoms with Crippen molar-refractivity contribution in [2.24, 2.45) is 0 Å². The lowest BCUT2D eigenvalue weighted by atomic mass is 10.2. The molecule has 37 heavy (non-hydrogen) atoms. The molecule has 0 aliphatic rings. The van der Waals surface area contributed by atoms with E-state index in [1.165, 1.54) is 29.2 Å². The van der Waals surface area contributed by atoms with E-state index in [0.717, 1.165) is 10.7 Å². The molecule has 5 rings (SSSR count). The van der Waals surface area contributed by atoms with E-state index in [1.54, 1.807) is 40.4 Å². The molecular formula is C26H20ClFN6OS2. The summed E-state index contributed by atoms with van der Waals surface area (Å²) in [5.41, 5.74) is 2.23. The van der Waals surface area contributed by atoms with Gasteiger partial charge in [-0.15, -0.1) is 21.5 Å². The highest BCUT2D eigenvalue weighted by Crippen LogP contribution is 2.34. The van der Waals surface area contributed by atoms with E-state index in [0.29, 0.717) is 51.7 Å². The van der Waals surface area contributed by atoms with Crippen LogP contribution in [0.2, 0.25) is 5.02 Å². The summed E-state index contributed by atoms with van der Waals surface area (Å²) in [6, 6.07) is 19.4. The number of rotatable bonds is 9. The Hall–Kier alpha value is -3.60. The van der Waals surface area contributed by atoms with Gasteiger partial charge in [-0.05, 0) is 36.4 Å². The zero-order valence-electron chi connectivity index (χ0n) is 19.3. The van der Waals surface area contributed by atoms with E-state index in [4.69, 9.17) is 11.6 Å². The minimum absolute atomic E-state index is 0.237. The van der Waals surface area contributed by atoms with Gasteiger partial charge in [0, 0.05) is 35.8 Å². The molecule has 0 aliphatic heterocycles. The molecule has 5 aromatic rings. The SMILES string of the molecule is O=C(NCCc1ccccn1)c1csc(CSc2nnc(-c3ccccc3Cl)n2-c2ccccc2F)n1. The third-order valence-electron chi connectivity index (χ3n) is 5.34. The lowest BCUT2D eigenvalue weighted by Gasteiger charge is -2.11. The number of hydrogen-bond donors (Lipinski definition) is 1. The number of pyridine rings is 1. The Morgan fingerprint density at radius 3 is 2.68 bits per heavy atom. The van der Waals surface area contributed by atoms with Crippen LogP contribution in [0.1, 0.15) is 21.2 Å². The van der Waals surface area contributed by atoms with Crippen molar-refractivity contribution in [3.63, 3.8) is 0 Å². The van der Waals surface area contributed by atoms with Gasteiger partial charge >= 0.3 is 0 Å². The average Bonchev–Trinajstić information content (AvgIpc) is 3.56. The number of thiazole rings is 1. The number of aromatic nitrogens is 5. The van der Waals surface area contributed by atoms with Crippen LogP contribution in [0.25, 0.3) is 17.1 Å². The Bertz CT molecular complexity index is 1520. The molecule has 0 unspecified atom stereocenters. The maximum atomic E-state index is 14.8. The standard InChI is InChI=1S/C26H20ClFN6OS2/c27-19-9-2-1-8-18(19)24-32-33-26(34(24)22-11-4-3-10-20(22)28)37-16-23-31-21(15-36-23)25(35)30-14-12-17-7-5-6-13-29-17/h1-11,13,15H,12,14,16H2,(H,30,35). The summed E-state index contributed by atoms with van der Waals surface area (Å²) in [6.07, 6.45) is 2.37. The Balaban J connectivity index is 1.31. The third-order valence-corrected chi connectivity index (χ3v) is 7.64. The first-order chi connectivity index (χ1) is 18.1. The maximum Gasteiger partial charge on any atom is 0.270 e. The van der Waals surface area contributed by atoms with Gasteiger partial charge in [-0.25, -0.2) is 9.37 Å². The summed E-state index contributed by atoms with van der Waals surface area (Å²) >= 11 is 9.14. The minimum Gasteiger partial charge on any atom is -0.350 e. The number of halogens is 2. The summed E-state index contributed by atoms with van der Waals surface area (Å²) in [5.74, 6) is 0.224. The van der Waals surface area contributed by atoms with Crippen molar-refractivity contribution in [2.45, 2.75) is 17.3 Å². The first kappa shape index (κ1) is 25.1. The number of amides is 1. The summed E-state index contributed by atoms with van der Waals surface area (Å²) in [6.45, 7) is 0.466. The van der Waals surface area contributed by atoms with Crippen LogP contribution in [0.4, 0.5) is 4.39 Å². The molecule has 3 heterocycles. The van der Waals surface area contributed by atoms with Crippen molar-refractivity contribution in [3.8, 4) is 17.1 Å². The van der Waals surface area contributed by atoms with E-state index >= 15 is 0 Å². The van der Waals surface area contributed by atoms with Gasteiger partial charge in [0.1, 0.15) is 16.5 Å². The average molecular weight is 551 g/mol. The summed E-state index contributed by atoms with van der Waals surface area (Å²) in [7, 11) is 0. The zero-order valence-corrected chi connectivity index (χ0v) is 21.7. The van der Waals surface area contributed by atoms with Crippen molar-refractivity contribution in [1.82, 2.24) is 30.0 Å². The van der Waals surface area contributed by atoms with E-state index in [1.807, 2.05) is 36.4 Å². The molecule has 0 fully saturated rings. The molecular weight excluding hydrogens is 531 g/mol. The molecule has 0 saturated carbocycles. The fraction of sp³-hybridized carbons (Fsp3) is 0.115. The van der Waals surface area contributed by atoms with Crippen LogP contribution in [-0.4, -0.2) is 37.2 Å². The molecule has 11 heteroatoms. The summed E-state index contributed by atoms with van der Waals surface area (Å²) in [5, 5.41) is 15.0. The van der Waals surface area contributed by atoms with Gasteiger partial charge in [0.05, 0.1) is 16.5 Å². The lowest BCUT2D eigenvalue weighted by molar-refractivity contribution is 0.0949. The molecule has 2 aromatic carbocycles. The molecule has 0 spiro atoms. The molecule has 0 bridgehead atoms. The molecule has 0 atom stereocenters.